The Balaban J connectivity index is 1.89. The zero-order valence-electron chi connectivity index (χ0n) is 17.2. The zero-order valence-corrected chi connectivity index (χ0v) is 19.6. The third kappa shape index (κ3) is 6.30. The van der Waals surface area contributed by atoms with Crippen molar-refractivity contribution in [3.05, 3.63) is 56.7 Å². The van der Waals surface area contributed by atoms with Gasteiger partial charge < -0.3 is 15.8 Å². The summed E-state index contributed by atoms with van der Waals surface area (Å²) in [5, 5.41) is 3.16. The number of primary amides is 1. The quantitative estimate of drug-likeness (QED) is 0.430. The van der Waals surface area contributed by atoms with Crippen molar-refractivity contribution in [1.29, 1.82) is 0 Å². The second kappa shape index (κ2) is 10.6. The molecule has 2 rings (SSSR count). The van der Waals surface area contributed by atoms with Crippen LogP contribution in [-0.2, 0) is 14.3 Å². The van der Waals surface area contributed by atoms with E-state index in [1.807, 2.05) is 45.0 Å². The molecular formula is C21H24BrN3O4S. The number of carbonyl (C=O) groups excluding carboxylic acids is 3. The van der Waals surface area contributed by atoms with Gasteiger partial charge >= 0.3 is 5.97 Å². The highest BCUT2D eigenvalue weighted by Crippen LogP contribution is 2.26. The Labute approximate surface area is 188 Å². The lowest BCUT2D eigenvalue weighted by Crippen LogP contribution is -2.31. The fourth-order valence-electron chi connectivity index (χ4n) is 2.74. The van der Waals surface area contributed by atoms with Crippen LogP contribution in [0.4, 0.5) is 0 Å². The van der Waals surface area contributed by atoms with Crippen molar-refractivity contribution in [3.63, 3.8) is 0 Å². The lowest BCUT2D eigenvalue weighted by atomic mass is 10.0. The summed E-state index contributed by atoms with van der Waals surface area (Å²) in [4.78, 5) is 40.3. The van der Waals surface area contributed by atoms with Crippen molar-refractivity contribution in [2.24, 2.45) is 5.73 Å². The number of esters is 1. The van der Waals surface area contributed by atoms with E-state index in [9.17, 15) is 14.4 Å². The molecule has 2 amide bonds. The second-order valence-corrected chi connectivity index (χ2v) is 8.66. The summed E-state index contributed by atoms with van der Waals surface area (Å²) in [5.74, 6) is -1.67. The number of hydrogen-bond acceptors (Lipinski definition) is 6. The van der Waals surface area contributed by atoms with Crippen LogP contribution in [0, 0.1) is 20.8 Å². The van der Waals surface area contributed by atoms with E-state index in [1.165, 1.54) is 0 Å². The molecule has 0 aliphatic heterocycles. The summed E-state index contributed by atoms with van der Waals surface area (Å²) < 4.78 is 5.99. The predicted molar refractivity (Wildman–Crippen MR) is 119 cm³/mol. The molecule has 2 aromatic rings. The maximum absolute atomic E-state index is 12.1. The molecule has 7 nitrogen and oxygen atoms in total. The number of aromatic nitrogens is 1. The molecule has 1 heterocycles. The van der Waals surface area contributed by atoms with Crippen LogP contribution in [0.3, 0.4) is 0 Å². The normalized spacial score (nSPS) is 11.6. The molecule has 30 heavy (non-hydrogen) atoms. The number of nitrogens with zero attached hydrogens (tertiary/aromatic N) is 1. The average molecular weight is 494 g/mol. The Morgan fingerprint density at radius 1 is 1.17 bits per heavy atom. The molecule has 0 aliphatic carbocycles. The highest BCUT2D eigenvalue weighted by Gasteiger charge is 2.19. The number of hydrogen-bond donors (Lipinski definition) is 2. The predicted octanol–water partition coefficient (Wildman–Crippen LogP) is 3.38. The van der Waals surface area contributed by atoms with Crippen molar-refractivity contribution < 1.29 is 19.1 Å². The van der Waals surface area contributed by atoms with Gasteiger partial charge in [0.05, 0.1) is 17.4 Å². The molecule has 1 atom stereocenters. The maximum atomic E-state index is 12.1. The first-order chi connectivity index (χ1) is 14.1. The molecule has 0 fully saturated rings. The summed E-state index contributed by atoms with van der Waals surface area (Å²) in [6, 6.07) is 7.34. The van der Waals surface area contributed by atoms with Gasteiger partial charge in [-0.2, -0.15) is 0 Å². The van der Waals surface area contributed by atoms with Crippen LogP contribution < -0.4 is 11.1 Å². The minimum atomic E-state index is -0.597. The van der Waals surface area contributed by atoms with Crippen LogP contribution in [0.25, 0.3) is 0 Å². The van der Waals surface area contributed by atoms with Gasteiger partial charge in [0.2, 0.25) is 0 Å². The number of aryl methyl sites for hydroxylation is 1. The number of rotatable bonds is 8. The summed E-state index contributed by atoms with van der Waals surface area (Å²) in [6.07, 6.45) is 0. The first kappa shape index (κ1) is 23.9. The Morgan fingerprint density at radius 2 is 1.80 bits per heavy atom. The van der Waals surface area contributed by atoms with E-state index in [0.717, 1.165) is 38.6 Å². The summed E-state index contributed by atoms with van der Waals surface area (Å²) in [6.45, 7) is 6.94. The number of thioether (sulfide) groups is 1. The van der Waals surface area contributed by atoms with E-state index < -0.39 is 17.8 Å². The molecule has 0 spiro atoms. The van der Waals surface area contributed by atoms with E-state index in [2.05, 4.69) is 26.2 Å². The summed E-state index contributed by atoms with van der Waals surface area (Å²) in [5.41, 5.74) is 9.10. The Bertz CT molecular complexity index is 964. The topological polar surface area (TPSA) is 111 Å². The maximum Gasteiger partial charge on any atom is 0.316 e. The fraction of sp³-hybridized carbons (Fsp3) is 0.333. The summed E-state index contributed by atoms with van der Waals surface area (Å²) in [7, 11) is 0. The first-order valence-electron chi connectivity index (χ1n) is 9.21. The van der Waals surface area contributed by atoms with Gasteiger partial charge in [0.25, 0.3) is 11.8 Å². The number of nitrogens with one attached hydrogen (secondary N) is 1. The number of nitrogens with two attached hydrogens (primary N) is 1. The molecule has 0 saturated heterocycles. The summed E-state index contributed by atoms with van der Waals surface area (Å²) >= 11 is 4.43. The van der Waals surface area contributed by atoms with E-state index in [4.69, 9.17) is 10.5 Å². The minimum Gasteiger partial charge on any atom is -0.455 e. The molecule has 160 valence electrons. The zero-order chi connectivity index (χ0) is 22.4. The first-order valence-corrected chi connectivity index (χ1v) is 11.0. The molecule has 1 aromatic heterocycles. The van der Waals surface area contributed by atoms with Gasteiger partial charge in [-0.3, -0.25) is 14.4 Å². The number of ether oxygens (including phenoxy) is 1. The van der Waals surface area contributed by atoms with Crippen LogP contribution in [0.1, 0.15) is 45.7 Å². The lowest BCUT2D eigenvalue weighted by Gasteiger charge is -2.15. The third-order valence-electron chi connectivity index (χ3n) is 4.65. The van der Waals surface area contributed by atoms with E-state index >= 15 is 0 Å². The molecule has 1 unspecified atom stereocenters. The van der Waals surface area contributed by atoms with Crippen molar-refractivity contribution >= 4 is 45.5 Å². The molecule has 9 heteroatoms. The number of pyridine rings is 1. The van der Waals surface area contributed by atoms with Gasteiger partial charge in [-0.05, 0) is 56.5 Å². The largest absolute Gasteiger partial charge is 0.455 e. The molecule has 0 bridgehead atoms. The smallest absolute Gasteiger partial charge is 0.316 e. The van der Waals surface area contributed by atoms with E-state index in [-0.39, 0.29) is 18.4 Å². The van der Waals surface area contributed by atoms with Gasteiger partial charge in [0, 0.05) is 10.2 Å². The van der Waals surface area contributed by atoms with Crippen LogP contribution in [0.5, 0.6) is 0 Å². The van der Waals surface area contributed by atoms with Crippen molar-refractivity contribution in [1.82, 2.24) is 10.3 Å². The van der Waals surface area contributed by atoms with Gasteiger partial charge in [0.15, 0.2) is 6.61 Å². The molecular weight excluding hydrogens is 470 g/mol. The standard InChI is InChI=1S/C21H24BrN3O4S/c1-11-12(2)19(20(23)28)21(25-13(11)3)30-10-18(27)29-9-17(26)24-14(4)15-5-7-16(22)8-6-15/h5-8,14H,9-10H2,1-4H3,(H2,23,28)(H,24,26). The van der Waals surface area contributed by atoms with Crippen LogP contribution in [0.2, 0.25) is 0 Å². The Morgan fingerprint density at radius 3 is 2.40 bits per heavy atom. The van der Waals surface area contributed by atoms with Crippen molar-refractivity contribution in [3.8, 4) is 0 Å². The number of benzene rings is 1. The lowest BCUT2D eigenvalue weighted by molar-refractivity contribution is -0.146. The highest BCUT2D eigenvalue weighted by atomic mass is 79.9. The Kier molecular flexibility index (Phi) is 8.43. The Hall–Kier alpha value is -2.39. The van der Waals surface area contributed by atoms with Crippen molar-refractivity contribution in [2.45, 2.75) is 38.8 Å². The van der Waals surface area contributed by atoms with Crippen LogP contribution in [0.15, 0.2) is 33.8 Å². The molecule has 0 aliphatic rings. The molecule has 3 N–H and O–H groups in total. The molecule has 0 saturated carbocycles. The van der Waals surface area contributed by atoms with Gasteiger partial charge in [-0.1, -0.05) is 39.8 Å². The number of halogens is 1. The van der Waals surface area contributed by atoms with Crippen molar-refractivity contribution in [2.75, 3.05) is 12.4 Å². The minimum absolute atomic E-state index is 0.0925. The second-order valence-electron chi connectivity index (χ2n) is 6.78. The number of amides is 2. The van der Waals surface area contributed by atoms with E-state index in [0.29, 0.717) is 10.6 Å². The highest BCUT2D eigenvalue weighted by molar-refractivity contribution is 9.10. The fourth-order valence-corrected chi connectivity index (χ4v) is 3.94. The van der Waals surface area contributed by atoms with Gasteiger partial charge in [-0.25, -0.2) is 4.98 Å². The average Bonchev–Trinajstić information content (AvgIpc) is 2.68. The SMILES string of the molecule is Cc1nc(SCC(=O)OCC(=O)NC(C)c2ccc(Br)cc2)c(C(N)=O)c(C)c1C. The molecule has 0 radical (unpaired) electrons. The monoisotopic (exact) mass is 493 g/mol. The molecule has 1 aromatic carbocycles. The van der Waals surface area contributed by atoms with Crippen LogP contribution >= 0.6 is 27.7 Å². The number of carbonyl (C=O) groups is 3. The van der Waals surface area contributed by atoms with Gasteiger partial charge in [0.1, 0.15) is 5.03 Å². The van der Waals surface area contributed by atoms with Crippen LogP contribution in [-0.4, -0.2) is 35.1 Å². The third-order valence-corrected chi connectivity index (χ3v) is 6.13. The van der Waals surface area contributed by atoms with E-state index in [1.54, 1.807) is 6.92 Å². The van der Waals surface area contributed by atoms with Gasteiger partial charge in [-0.15, -0.1) is 0 Å².